The number of carbonyl (C=O) groups is 1. The van der Waals surface area contributed by atoms with E-state index in [4.69, 9.17) is 17.0 Å². The predicted molar refractivity (Wildman–Crippen MR) is 100 cm³/mol. The fraction of sp³-hybridized carbons (Fsp3) is 0.176. The Hall–Kier alpha value is -1.04. The van der Waals surface area contributed by atoms with Crippen LogP contribution in [-0.2, 0) is 6.42 Å². The number of Topliss-reactive ketones (excluding diaryl/α,β-unsaturated/α-hetero) is 1. The van der Waals surface area contributed by atoms with Gasteiger partial charge < -0.3 is 4.74 Å². The molecule has 2 aromatic carbocycles. The largest absolute Gasteiger partial charge is 0.496 e. The Balaban J connectivity index is 2.11. The average Bonchev–Trinajstić information content (AvgIpc) is 2.50. The number of methoxy groups -OCH3 is 1. The van der Waals surface area contributed by atoms with Gasteiger partial charge in [-0.3, -0.25) is 4.79 Å². The van der Waals surface area contributed by atoms with Crippen molar-refractivity contribution >= 4 is 54.7 Å². The third-order valence-electron chi connectivity index (χ3n) is 3.17. The second-order valence-electron chi connectivity index (χ2n) is 4.75. The lowest BCUT2D eigenvalue weighted by Crippen LogP contribution is -2.10. The molecule has 0 aliphatic rings. The maximum atomic E-state index is 12.2. The minimum Gasteiger partial charge on any atom is -0.496 e. The van der Waals surface area contributed by atoms with Crippen molar-refractivity contribution in [2.75, 3.05) is 7.11 Å². The number of hydrogen-bond donors (Lipinski definition) is 0. The number of thiocarbonyl (C=S) groups is 1. The fourth-order valence-corrected chi connectivity index (χ4v) is 3.70. The van der Waals surface area contributed by atoms with Crippen LogP contribution in [0.1, 0.15) is 22.3 Å². The molecule has 0 saturated carbocycles. The van der Waals surface area contributed by atoms with E-state index in [-0.39, 0.29) is 12.2 Å². The van der Waals surface area contributed by atoms with Crippen LogP contribution in [0.4, 0.5) is 0 Å². The van der Waals surface area contributed by atoms with Crippen LogP contribution in [0.25, 0.3) is 0 Å². The fourth-order valence-electron chi connectivity index (χ4n) is 2.10. The molecule has 114 valence electrons. The van der Waals surface area contributed by atoms with Gasteiger partial charge in [0.25, 0.3) is 0 Å². The van der Waals surface area contributed by atoms with Crippen molar-refractivity contribution in [1.82, 2.24) is 0 Å². The van der Waals surface area contributed by atoms with Crippen LogP contribution in [0.3, 0.4) is 0 Å². The van der Waals surface area contributed by atoms with E-state index in [1.807, 2.05) is 30.3 Å². The molecule has 0 spiro atoms. The summed E-state index contributed by atoms with van der Waals surface area (Å²) in [5, 5.41) is 0. The minimum atomic E-state index is 0.0396. The highest BCUT2D eigenvalue weighted by Crippen LogP contribution is 2.32. The topological polar surface area (TPSA) is 26.3 Å². The number of carbonyl (C=O) groups excluding carboxylic acids is 1. The van der Waals surface area contributed by atoms with E-state index in [1.54, 1.807) is 19.2 Å². The van der Waals surface area contributed by atoms with Gasteiger partial charge in [0.15, 0.2) is 5.78 Å². The van der Waals surface area contributed by atoms with Crippen LogP contribution in [0.2, 0.25) is 0 Å². The maximum absolute atomic E-state index is 12.2. The number of halogens is 2. The lowest BCUT2D eigenvalue weighted by atomic mass is 10.0. The van der Waals surface area contributed by atoms with Crippen molar-refractivity contribution in [3.63, 3.8) is 0 Å². The van der Waals surface area contributed by atoms with Gasteiger partial charge in [-0.1, -0.05) is 74.4 Å². The number of hydrogen-bond acceptors (Lipinski definition) is 3. The summed E-state index contributed by atoms with van der Waals surface area (Å²) in [6, 6.07) is 13.0. The van der Waals surface area contributed by atoms with Crippen LogP contribution in [0.15, 0.2) is 51.4 Å². The van der Waals surface area contributed by atoms with Crippen molar-refractivity contribution in [3.8, 4) is 5.75 Å². The molecular weight excluding hydrogens is 428 g/mol. The Labute approximate surface area is 152 Å². The normalized spacial score (nSPS) is 10.3. The van der Waals surface area contributed by atoms with Gasteiger partial charge >= 0.3 is 0 Å². The second-order valence-corrected chi connectivity index (χ2v) is 7.10. The zero-order valence-corrected chi connectivity index (χ0v) is 15.9. The van der Waals surface area contributed by atoms with Crippen molar-refractivity contribution in [2.45, 2.75) is 12.8 Å². The molecule has 0 N–H and O–H groups in total. The van der Waals surface area contributed by atoms with Crippen LogP contribution in [0, 0.1) is 0 Å². The highest BCUT2D eigenvalue weighted by atomic mass is 79.9. The lowest BCUT2D eigenvalue weighted by molar-refractivity contribution is 0.100. The summed E-state index contributed by atoms with van der Waals surface area (Å²) in [5.41, 5.74) is 1.64. The number of ether oxygens (including phenoxy) is 1. The summed E-state index contributed by atoms with van der Waals surface area (Å²) in [4.78, 5) is 12.9. The van der Waals surface area contributed by atoms with E-state index in [0.29, 0.717) is 16.8 Å². The molecule has 2 nitrogen and oxygen atoms in total. The standard InChI is InChI=1S/C17H14Br2O2S/c1-21-17-8-12(18)7-15(19)14(17)9-13(22)10-16(20)11-5-3-2-4-6-11/h2-8H,9-10H2,1H3. The molecule has 2 rings (SSSR count). The zero-order chi connectivity index (χ0) is 16.1. The number of benzene rings is 2. The highest BCUT2D eigenvalue weighted by Gasteiger charge is 2.14. The van der Waals surface area contributed by atoms with Crippen LogP contribution < -0.4 is 4.74 Å². The molecule has 0 amide bonds. The van der Waals surface area contributed by atoms with E-state index in [2.05, 4.69) is 31.9 Å². The monoisotopic (exact) mass is 440 g/mol. The van der Waals surface area contributed by atoms with Gasteiger partial charge in [0, 0.05) is 37.8 Å². The molecule has 0 aliphatic heterocycles. The van der Waals surface area contributed by atoms with Crippen molar-refractivity contribution in [3.05, 3.63) is 62.5 Å². The molecule has 0 aliphatic carbocycles. The summed E-state index contributed by atoms with van der Waals surface area (Å²) in [7, 11) is 1.62. The molecule has 0 atom stereocenters. The summed E-state index contributed by atoms with van der Waals surface area (Å²) in [5.74, 6) is 0.786. The van der Waals surface area contributed by atoms with E-state index < -0.39 is 0 Å². The van der Waals surface area contributed by atoms with Crippen molar-refractivity contribution < 1.29 is 9.53 Å². The van der Waals surface area contributed by atoms with Crippen LogP contribution in [-0.4, -0.2) is 17.8 Å². The van der Waals surface area contributed by atoms with Gasteiger partial charge in [0.1, 0.15) is 5.75 Å². The molecule has 0 unspecified atom stereocenters. The van der Waals surface area contributed by atoms with Gasteiger partial charge in [0.05, 0.1) is 7.11 Å². The molecule has 0 fully saturated rings. The molecule has 0 aromatic heterocycles. The van der Waals surface area contributed by atoms with E-state index in [1.165, 1.54) is 0 Å². The van der Waals surface area contributed by atoms with Gasteiger partial charge in [0.2, 0.25) is 0 Å². The average molecular weight is 442 g/mol. The Morgan fingerprint density at radius 3 is 2.50 bits per heavy atom. The molecule has 0 heterocycles. The van der Waals surface area contributed by atoms with Crippen molar-refractivity contribution in [1.29, 1.82) is 0 Å². The van der Waals surface area contributed by atoms with E-state index >= 15 is 0 Å². The molecule has 22 heavy (non-hydrogen) atoms. The Morgan fingerprint density at radius 1 is 1.18 bits per heavy atom. The SMILES string of the molecule is COc1cc(Br)cc(Br)c1CC(=S)CC(=O)c1ccccc1. The number of ketones is 1. The minimum absolute atomic E-state index is 0.0396. The summed E-state index contributed by atoms with van der Waals surface area (Å²) >= 11 is 12.4. The lowest BCUT2D eigenvalue weighted by Gasteiger charge is -2.12. The quantitative estimate of drug-likeness (QED) is 0.443. The first kappa shape index (κ1) is 17.3. The first-order valence-corrected chi connectivity index (χ1v) is 8.62. The highest BCUT2D eigenvalue weighted by molar-refractivity contribution is 9.11. The molecule has 0 bridgehead atoms. The van der Waals surface area contributed by atoms with Crippen LogP contribution >= 0.6 is 44.1 Å². The third-order valence-corrected chi connectivity index (χ3v) is 4.62. The second kappa shape index (κ2) is 7.99. The third kappa shape index (κ3) is 4.48. The zero-order valence-electron chi connectivity index (χ0n) is 11.9. The van der Waals surface area contributed by atoms with Gasteiger partial charge in [-0.25, -0.2) is 0 Å². The summed E-state index contributed by atoms with van der Waals surface area (Å²) in [6.45, 7) is 0. The molecule has 0 saturated heterocycles. The molecule has 2 aromatic rings. The Bertz CT molecular complexity index is 699. The Kier molecular flexibility index (Phi) is 6.29. The van der Waals surface area contributed by atoms with Gasteiger partial charge in [-0.15, -0.1) is 0 Å². The molecular formula is C17H14Br2O2S. The van der Waals surface area contributed by atoms with Crippen LogP contribution in [0.5, 0.6) is 5.75 Å². The first-order valence-electron chi connectivity index (χ1n) is 6.63. The maximum Gasteiger partial charge on any atom is 0.167 e. The number of rotatable bonds is 6. The van der Waals surface area contributed by atoms with Crippen molar-refractivity contribution in [2.24, 2.45) is 0 Å². The molecule has 0 radical (unpaired) electrons. The van der Waals surface area contributed by atoms with E-state index in [0.717, 1.165) is 20.3 Å². The smallest absolute Gasteiger partial charge is 0.167 e. The Morgan fingerprint density at radius 2 is 1.86 bits per heavy atom. The summed E-state index contributed by atoms with van der Waals surface area (Å²) in [6.07, 6.45) is 0.774. The van der Waals surface area contributed by atoms with Gasteiger partial charge in [-0.05, 0) is 12.1 Å². The predicted octanol–water partition coefficient (Wildman–Crippen LogP) is 5.41. The summed E-state index contributed by atoms with van der Waals surface area (Å²) < 4.78 is 7.23. The first-order chi connectivity index (χ1) is 10.5. The van der Waals surface area contributed by atoms with Gasteiger partial charge in [-0.2, -0.15) is 0 Å². The van der Waals surface area contributed by atoms with E-state index in [9.17, 15) is 4.79 Å². The molecule has 5 heteroatoms.